The Bertz CT molecular complexity index is 8400. The van der Waals surface area contributed by atoms with E-state index < -0.39 is 0 Å². The van der Waals surface area contributed by atoms with E-state index in [4.69, 9.17) is 38.7 Å². The second-order valence-electron chi connectivity index (χ2n) is 30.2. The van der Waals surface area contributed by atoms with Crippen LogP contribution in [0.2, 0.25) is 0 Å². The van der Waals surface area contributed by atoms with Gasteiger partial charge in [-0.3, -0.25) is 0 Å². The van der Waals surface area contributed by atoms with Crippen LogP contribution in [0.25, 0.3) is 242 Å². The summed E-state index contributed by atoms with van der Waals surface area (Å²) >= 11 is 1.79. The number of furan rings is 2. The van der Waals surface area contributed by atoms with Crippen LogP contribution in [0.5, 0.6) is 0 Å². The lowest BCUT2D eigenvalue weighted by molar-refractivity contribution is 0.670. The Balaban J connectivity index is 0.000000136. The number of benzene rings is 18. The summed E-state index contributed by atoms with van der Waals surface area (Å²) in [6.45, 7) is 0. The van der Waals surface area contributed by atoms with Gasteiger partial charge in [-0.1, -0.05) is 309 Å². The molecule has 0 unspecified atom stereocenters. The summed E-state index contributed by atoms with van der Waals surface area (Å²) in [4.78, 5) is 31.4. The number of aromatic nitrogens is 8. The molecule has 0 spiro atoms. The third kappa shape index (κ3) is 11.0. The highest BCUT2D eigenvalue weighted by atomic mass is 32.1. The van der Waals surface area contributed by atoms with Gasteiger partial charge in [0.25, 0.3) is 0 Å². The zero-order chi connectivity index (χ0) is 78.2. The minimum Gasteiger partial charge on any atom is -0.455 e. The van der Waals surface area contributed by atoms with E-state index in [0.717, 1.165) is 154 Å². The van der Waals surface area contributed by atoms with Crippen molar-refractivity contribution in [1.82, 2.24) is 39.0 Å². The molecule has 554 valence electrons. The first-order chi connectivity index (χ1) is 59.0. The number of para-hydroxylation sites is 6. The fourth-order valence-electron chi connectivity index (χ4n) is 18.2. The van der Waals surface area contributed by atoms with Gasteiger partial charge in [0.2, 0.25) is 0 Å². The molecule has 25 aromatic rings. The Morgan fingerprint density at radius 1 is 0.193 bits per heavy atom. The van der Waals surface area contributed by atoms with Gasteiger partial charge in [0.1, 0.15) is 22.3 Å². The lowest BCUT2D eigenvalue weighted by Crippen LogP contribution is -2.03. The van der Waals surface area contributed by atoms with Crippen LogP contribution in [0.1, 0.15) is 0 Å². The predicted octanol–water partition coefficient (Wildman–Crippen LogP) is 28.9. The van der Waals surface area contributed by atoms with Crippen molar-refractivity contribution in [2.75, 3.05) is 0 Å². The highest BCUT2D eigenvalue weighted by molar-refractivity contribution is 7.25. The lowest BCUT2D eigenvalue weighted by Gasteiger charge is -2.15. The van der Waals surface area contributed by atoms with E-state index in [0.29, 0.717) is 34.9 Å². The molecule has 25 rings (SSSR count). The largest absolute Gasteiger partial charge is 0.455 e. The van der Waals surface area contributed by atoms with Crippen LogP contribution in [-0.2, 0) is 0 Å². The van der Waals surface area contributed by atoms with E-state index >= 15 is 0 Å². The van der Waals surface area contributed by atoms with Gasteiger partial charge in [0, 0.05) is 108 Å². The molecule has 0 saturated carbocycles. The van der Waals surface area contributed by atoms with Gasteiger partial charge in [-0.05, 0) is 122 Å². The number of rotatable bonds is 10. The second kappa shape index (κ2) is 27.5. The number of fused-ring (bicyclic) bond motifs is 23. The Kier molecular flexibility index (Phi) is 15.6. The third-order valence-corrected chi connectivity index (χ3v) is 24.6. The molecule has 18 aromatic carbocycles. The molecule has 7 heterocycles. The Labute approximate surface area is 684 Å². The number of nitrogens with zero attached hydrogens (tertiary/aromatic N) is 8. The highest BCUT2D eigenvalue weighted by Crippen LogP contribution is 2.49. The van der Waals surface area contributed by atoms with Crippen molar-refractivity contribution >= 4 is 151 Å². The highest BCUT2D eigenvalue weighted by Gasteiger charge is 2.27. The average molecular weight is 1540 g/mol. The van der Waals surface area contributed by atoms with Gasteiger partial charge in [-0.2, -0.15) is 0 Å². The summed E-state index contributed by atoms with van der Waals surface area (Å²) in [6.07, 6.45) is 0. The van der Waals surface area contributed by atoms with E-state index in [-0.39, 0.29) is 0 Å². The first kappa shape index (κ1) is 67.7. The monoisotopic (exact) mass is 1540 g/mol. The van der Waals surface area contributed by atoms with Crippen molar-refractivity contribution < 1.29 is 8.83 Å². The molecular formula is C108H64N8O2S. The lowest BCUT2D eigenvalue weighted by atomic mass is 9.93. The smallest absolute Gasteiger partial charge is 0.166 e. The summed E-state index contributed by atoms with van der Waals surface area (Å²) in [5.41, 5.74) is 19.8. The minimum atomic E-state index is 0.598. The van der Waals surface area contributed by atoms with Gasteiger partial charge < -0.3 is 18.0 Å². The summed E-state index contributed by atoms with van der Waals surface area (Å²) < 4.78 is 20.7. The quantitative estimate of drug-likeness (QED) is 0.124. The SMILES string of the molecule is c1ccc(-c2nc(-c3ccc4c(c3)sc3ccccc34)nc(-c3ccccc3-n3c4ccccc4c4c5c(ccc43)oc3c(-c4ccccc4)cccc35)n2)cc1.c1ccc(-c2nc(-c3ccc4c5ccccc5c5ccccc5c4c3)nc(-c3ccccc3-n3c4ccccc4c4c5c(ccc43)oc3c(-c4ccccc4)cccc35)n2)cc1. The minimum absolute atomic E-state index is 0.598. The van der Waals surface area contributed by atoms with E-state index in [1.165, 1.54) is 52.5 Å². The van der Waals surface area contributed by atoms with Gasteiger partial charge in [-0.25, -0.2) is 29.9 Å². The summed E-state index contributed by atoms with van der Waals surface area (Å²) in [7, 11) is 0. The standard InChI is InChI=1S/C57H34N4O.C51H30N4OS/c1-3-16-35(17-4-1)38-26-15-27-46-53-51(62-54(38)46)33-32-50-52(53)44-24-11-13-28-48(44)61(50)49-29-14-12-25-45(49)57-59-55(36-18-5-2-6-19-36)58-56(60-57)37-30-31-43-41-22-8-7-20-39(41)40-21-9-10-23-42(40)47(43)34-37;1-3-14-31(15-4-1)34-21-13-22-39-47-43(56-48(34)39)29-28-42-46(47)37-19-7-10-23-40(37)55(42)41-24-11-8-20-38(41)51-53-49(32-16-5-2-6-17-32)52-50(54-51)33-26-27-36-35-18-9-12-25-44(35)57-45(36)30-33/h1-34H;1-30H. The molecule has 0 aliphatic rings. The van der Waals surface area contributed by atoms with Crippen molar-refractivity contribution in [3.05, 3.63) is 388 Å². The first-order valence-corrected chi connectivity index (χ1v) is 40.8. The van der Waals surface area contributed by atoms with Crippen LogP contribution in [0.15, 0.2) is 397 Å². The molecule has 7 aromatic heterocycles. The van der Waals surface area contributed by atoms with E-state index in [2.05, 4.69) is 349 Å². The molecule has 0 aliphatic heterocycles. The van der Waals surface area contributed by atoms with Crippen LogP contribution >= 0.6 is 11.3 Å². The van der Waals surface area contributed by atoms with Gasteiger partial charge >= 0.3 is 0 Å². The molecule has 0 fully saturated rings. The molecule has 0 saturated heterocycles. The zero-order valence-corrected chi connectivity index (χ0v) is 64.6. The van der Waals surface area contributed by atoms with Crippen LogP contribution in [0, 0.1) is 0 Å². The Morgan fingerprint density at radius 3 is 1.01 bits per heavy atom. The molecule has 11 heteroatoms. The molecule has 0 amide bonds. The van der Waals surface area contributed by atoms with Crippen molar-refractivity contribution in [2.45, 2.75) is 0 Å². The van der Waals surface area contributed by atoms with Gasteiger partial charge in [0.05, 0.1) is 33.4 Å². The Morgan fingerprint density at radius 2 is 0.529 bits per heavy atom. The molecule has 0 atom stereocenters. The van der Waals surface area contributed by atoms with Crippen LogP contribution < -0.4 is 0 Å². The summed E-state index contributed by atoms with van der Waals surface area (Å²) in [5, 5.41) is 18.8. The van der Waals surface area contributed by atoms with Crippen molar-refractivity contribution in [2.24, 2.45) is 0 Å². The van der Waals surface area contributed by atoms with Gasteiger partial charge in [0.15, 0.2) is 34.9 Å². The molecule has 0 radical (unpaired) electrons. The van der Waals surface area contributed by atoms with Crippen molar-refractivity contribution in [3.8, 4) is 102 Å². The molecule has 119 heavy (non-hydrogen) atoms. The van der Waals surface area contributed by atoms with E-state index in [1.807, 2.05) is 48.5 Å². The first-order valence-electron chi connectivity index (χ1n) is 40.0. The maximum atomic E-state index is 6.75. The fraction of sp³-hybridized carbons (Fsp3) is 0. The topological polar surface area (TPSA) is 113 Å². The molecule has 0 aliphatic carbocycles. The van der Waals surface area contributed by atoms with Crippen LogP contribution in [0.3, 0.4) is 0 Å². The molecule has 0 bridgehead atoms. The van der Waals surface area contributed by atoms with Crippen LogP contribution in [0.4, 0.5) is 0 Å². The van der Waals surface area contributed by atoms with Crippen molar-refractivity contribution in [3.63, 3.8) is 0 Å². The second-order valence-corrected chi connectivity index (χ2v) is 31.3. The fourth-order valence-corrected chi connectivity index (χ4v) is 19.4. The number of thiophene rings is 1. The summed E-state index contributed by atoms with van der Waals surface area (Å²) in [5.74, 6) is 3.71. The molecular weight excluding hydrogens is 1470 g/mol. The summed E-state index contributed by atoms with van der Waals surface area (Å²) in [6, 6.07) is 136. The Hall–Kier alpha value is -15.8. The zero-order valence-electron chi connectivity index (χ0n) is 63.8. The van der Waals surface area contributed by atoms with E-state index in [1.54, 1.807) is 11.3 Å². The average Bonchev–Trinajstić information content (AvgIpc) is 1.60. The van der Waals surface area contributed by atoms with Crippen molar-refractivity contribution in [1.29, 1.82) is 0 Å². The molecule has 0 N–H and O–H groups in total. The third-order valence-electron chi connectivity index (χ3n) is 23.5. The number of hydrogen-bond donors (Lipinski definition) is 0. The molecule has 10 nitrogen and oxygen atoms in total. The van der Waals surface area contributed by atoms with Crippen LogP contribution in [-0.4, -0.2) is 39.0 Å². The predicted molar refractivity (Wildman–Crippen MR) is 492 cm³/mol. The van der Waals surface area contributed by atoms with E-state index in [9.17, 15) is 0 Å². The van der Waals surface area contributed by atoms with Gasteiger partial charge in [-0.15, -0.1) is 11.3 Å². The maximum absolute atomic E-state index is 6.75. The number of hydrogen-bond acceptors (Lipinski definition) is 9. The maximum Gasteiger partial charge on any atom is 0.166 e. The normalized spacial score (nSPS) is 11.9.